The molecule has 0 saturated carbocycles. The van der Waals surface area contributed by atoms with E-state index < -0.39 is 9.84 Å². The minimum absolute atomic E-state index is 0. The molecule has 120 valence electrons. The Morgan fingerprint density at radius 2 is 2.05 bits per heavy atom. The normalized spacial score (nSPS) is 20.9. The fourth-order valence-electron chi connectivity index (χ4n) is 2.56. The Balaban J connectivity index is 0.00000361. The molecule has 1 saturated heterocycles. The van der Waals surface area contributed by atoms with Gasteiger partial charge >= 0.3 is 0 Å². The smallest absolute Gasteiger partial charge is 0.227 e. The molecule has 1 fully saturated rings. The van der Waals surface area contributed by atoms with Gasteiger partial charge in [-0.05, 0) is 33.2 Å². The molecule has 1 heterocycles. The number of carbonyl (C=O) groups is 1. The topological polar surface area (TPSA) is 66.5 Å². The minimum atomic E-state index is -3.05. The van der Waals surface area contributed by atoms with Gasteiger partial charge in [-0.2, -0.15) is 0 Å². The molecule has 0 aliphatic carbocycles. The first kappa shape index (κ1) is 19.7. The van der Waals surface area contributed by atoms with Crippen molar-refractivity contribution in [2.45, 2.75) is 39.7 Å². The van der Waals surface area contributed by atoms with E-state index in [0.717, 1.165) is 19.4 Å². The third-order valence-electron chi connectivity index (χ3n) is 3.74. The van der Waals surface area contributed by atoms with E-state index in [1.165, 1.54) is 0 Å². The summed E-state index contributed by atoms with van der Waals surface area (Å²) < 4.78 is 23.4. The van der Waals surface area contributed by atoms with Crippen LogP contribution in [-0.4, -0.2) is 56.4 Å². The van der Waals surface area contributed by atoms with Crippen LogP contribution in [0.4, 0.5) is 0 Å². The van der Waals surface area contributed by atoms with Crippen molar-refractivity contribution in [3.05, 3.63) is 0 Å². The highest BCUT2D eigenvalue weighted by Crippen LogP contribution is 2.16. The van der Waals surface area contributed by atoms with Crippen LogP contribution in [0.3, 0.4) is 0 Å². The number of sulfone groups is 1. The van der Waals surface area contributed by atoms with Gasteiger partial charge < -0.3 is 10.2 Å². The van der Waals surface area contributed by atoms with Crippen LogP contribution in [0.1, 0.15) is 33.6 Å². The van der Waals surface area contributed by atoms with Gasteiger partial charge in [0.1, 0.15) is 0 Å². The Hall–Kier alpha value is -0.330. The zero-order chi connectivity index (χ0) is 14.5. The summed E-state index contributed by atoms with van der Waals surface area (Å²) in [4.78, 5) is 14.1. The highest BCUT2D eigenvalue weighted by Gasteiger charge is 2.29. The van der Waals surface area contributed by atoms with E-state index in [1.807, 2.05) is 13.8 Å². The van der Waals surface area contributed by atoms with Crippen molar-refractivity contribution in [2.24, 2.45) is 5.92 Å². The van der Waals surface area contributed by atoms with E-state index in [2.05, 4.69) is 5.32 Å². The Kier molecular flexibility index (Phi) is 8.70. The van der Waals surface area contributed by atoms with Crippen molar-refractivity contribution in [1.29, 1.82) is 0 Å². The Labute approximate surface area is 128 Å². The summed E-state index contributed by atoms with van der Waals surface area (Å²) in [6.07, 6.45) is 1.91. The molecule has 20 heavy (non-hydrogen) atoms. The summed E-state index contributed by atoms with van der Waals surface area (Å²) in [5.41, 5.74) is 0. The maximum atomic E-state index is 12.4. The monoisotopic (exact) mass is 326 g/mol. The highest BCUT2D eigenvalue weighted by molar-refractivity contribution is 7.91. The Bertz CT molecular complexity index is 394. The summed E-state index contributed by atoms with van der Waals surface area (Å²) in [6, 6.07) is -0.246. The van der Waals surface area contributed by atoms with Crippen LogP contribution in [0.25, 0.3) is 0 Å². The molecule has 0 aromatic carbocycles. The van der Waals surface area contributed by atoms with Gasteiger partial charge in [-0.15, -0.1) is 12.4 Å². The van der Waals surface area contributed by atoms with Gasteiger partial charge in [0.2, 0.25) is 5.91 Å². The lowest BCUT2D eigenvalue weighted by Crippen LogP contribution is -2.48. The number of rotatable bonds is 6. The number of piperidine rings is 1. The average Bonchev–Trinajstić information content (AvgIpc) is 2.40. The van der Waals surface area contributed by atoms with Crippen molar-refractivity contribution in [2.75, 3.05) is 31.1 Å². The predicted molar refractivity (Wildman–Crippen MR) is 84.0 cm³/mol. The van der Waals surface area contributed by atoms with E-state index in [4.69, 9.17) is 0 Å². The molecule has 1 amide bonds. The van der Waals surface area contributed by atoms with Crippen molar-refractivity contribution >= 4 is 28.2 Å². The van der Waals surface area contributed by atoms with Crippen molar-refractivity contribution < 1.29 is 13.2 Å². The van der Waals surface area contributed by atoms with Gasteiger partial charge in [0, 0.05) is 24.9 Å². The van der Waals surface area contributed by atoms with E-state index in [1.54, 1.807) is 11.8 Å². The van der Waals surface area contributed by atoms with Crippen LogP contribution >= 0.6 is 12.4 Å². The van der Waals surface area contributed by atoms with Crippen LogP contribution in [-0.2, 0) is 14.6 Å². The number of nitrogens with zero attached hydrogens (tertiary/aromatic N) is 1. The van der Waals surface area contributed by atoms with E-state index >= 15 is 0 Å². The average molecular weight is 327 g/mol. The van der Waals surface area contributed by atoms with Crippen LogP contribution in [0.2, 0.25) is 0 Å². The lowest BCUT2D eigenvalue weighted by Gasteiger charge is -2.33. The first-order valence-corrected chi connectivity index (χ1v) is 8.95. The van der Waals surface area contributed by atoms with Crippen LogP contribution < -0.4 is 5.32 Å². The van der Waals surface area contributed by atoms with Crippen LogP contribution in [0.5, 0.6) is 0 Å². The fourth-order valence-corrected chi connectivity index (χ4v) is 3.71. The molecule has 1 aliphatic rings. The first-order valence-electron chi connectivity index (χ1n) is 7.12. The second-order valence-electron chi connectivity index (χ2n) is 5.22. The number of hydrogen-bond donors (Lipinski definition) is 1. The summed E-state index contributed by atoms with van der Waals surface area (Å²) in [7, 11) is -3.05. The van der Waals surface area contributed by atoms with E-state index in [0.29, 0.717) is 13.1 Å². The summed E-state index contributed by atoms with van der Waals surface area (Å²) in [5, 5.41) is 3.23. The molecule has 7 heteroatoms. The molecule has 0 aromatic heterocycles. The second-order valence-corrected chi connectivity index (χ2v) is 7.61. The number of nitrogens with one attached hydrogen (secondary N) is 1. The number of amides is 1. The zero-order valence-corrected chi connectivity index (χ0v) is 14.2. The van der Waals surface area contributed by atoms with Gasteiger partial charge in [-0.3, -0.25) is 4.79 Å². The SMILES string of the molecule is CCN(C(=O)C1CCCNC1)C(C)CS(=O)(=O)CC.Cl. The molecule has 0 bridgehead atoms. The number of halogens is 1. The summed E-state index contributed by atoms with van der Waals surface area (Å²) in [6.45, 7) is 7.62. The van der Waals surface area contributed by atoms with E-state index in [9.17, 15) is 13.2 Å². The maximum absolute atomic E-state index is 12.4. The quantitative estimate of drug-likeness (QED) is 0.793. The van der Waals surface area contributed by atoms with Gasteiger partial charge in [-0.1, -0.05) is 6.92 Å². The molecular weight excluding hydrogens is 300 g/mol. The van der Waals surface area contributed by atoms with Gasteiger partial charge in [0.25, 0.3) is 0 Å². The number of carbonyl (C=O) groups excluding carboxylic acids is 1. The van der Waals surface area contributed by atoms with Gasteiger partial charge in [-0.25, -0.2) is 8.42 Å². The Morgan fingerprint density at radius 3 is 2.50 bits per heavy atom. The largest absolute Gasteiger partial charge is 0.339 e. The van der Waals surface area contributed by atoms with Crippen molar-refractivity contribution in [3.8, 4) is 0 Å². The molecule has 1 aliphatic heterocycles. The highest BCUT2D eigenvalue weighted by atomic mass is 35.5. The fraction of sp³-hybridized carbons (Fsp3) is 0.923. The zero-order valence-electron chi connectivity index (χ0n) is 12.6. The minimum Gasteiger partial charge on any atom is -0.339 e. The molecule has 0 radical (unpaired) electrons. The third-order valence-corrected chi connectivity index (χ3v) is 5.61. The molecule has 1 rings (SSSR count). The number of hydrogen-bond acceptors (Lipinski definition) is 4. The van der Waals surface area contributed by atoms with Crippen molar-refractivity contribution in [3.63, 3.8) is 0 Å². The van der Waals surface area contributed by atoms with Crippen LogP contribution in [0.15, 0.2) is 0 Å². The summed E-state index contributed by atoms with van der Waals surface area (Å²) >= 11 is 0. The molecule has 1 N–H and O–H groups in total. The van der Waals surface area contributed by atoms with Crippen molar-refractivity contribution in [1.82, 2.24) is 10.2 Å². The summed E-state index contributed by atoms with van der Waals surface area (Å²) in [5.74, 6) is 0.283. The van der Waals surface area contributed by atoms with Crippen LogP contribution in [0, 0.1) is 5.92 Å². The molecule has 2 unspecified atom stereocenters. The van der Waals surface area contributed by atoms with Gasteiger partial charge in [0.15, 0.2) is 9.84 Å². The Morgan fingerprint density at radius 1 is 1.40 bits per heavy atom. The lowest BCUT2D eigenvalue weighted by molar-refractivity contribution is -0.137. The lowest BCUT2D eigenvalue weighted by atomic mass is 9.97. The third kappa shape index (κ3) is 5.58. The predicted octanol–water partition coefficient (Wildman–Crippen LogP) is 1.08. The maximum Gasteiger partial charge on any atom is 0.227 e. The molecular formula is C13H27ClN2O3S. The molecule has 0 aromatic rings. The van der Waals surface area contributed by atoms with Gasteiger partial charge in [0.05, 0.1) is 11.7 Å². The molecule has 5 nitrogen and oxygen atoms in total. The first-order chi connectivity index (χ1) is 8.91. The molecule has 0 spiro atoms. The standard InChI is InChI=1S/C13H26N2O3S.ClH/c1-4-15(11(3)10-19(17,18)5-2)13(16)12-7-6-8-14-9-12;/h11-12,14H,4-10H2,1-3H3;1H. The van der Waals surface area contributed by atoms with E-state index in [-0.39, 0.29) is 41.8 Å². The molecule has 2 atom stereocenters. The second kappa shape index (κ2) is 8.85.